The maximum absolute atomic E-state index is 12.2. The zero-order valence-electron chi connectivity index (χ0n) is 12.4. The van der Waals surface area contributed by atoms with Gasteiger partial charge in [-0.1, -0.05) is 19.3 Å². The van der Waals surface area contributed by atoms with Crippen molar-refractivity contribution >= 4 is 22.5 Å². The van der Waals surface area contributed by atoms with E-state index < -0.39 is 0 Å². The fourth-order valence-electron chi connectivity index (χ4n) is 3.17. The van der Waals surface area contributed by atoms with Gasteiger partial charge < -0.3 is 10.6 Å². The van der Waals surface area contributed by atoms with E-state index in [1.54, 1.807) is 18.2 Å². The summed E-state index contributed by atoms with van der Waals surface area (Å²) in [6.07, 6.45) is 6.54. The first-order valence-electron chi connectivity index (χ1n) is 7.64. The van der Waals surface area contributed by atoms with Gasteiger partial charge in [-0.05, 0) is 37.0 Å². The summed E-state index contributed by atoms with van der Waals surface area (Å²) in [5.41, 5.74) is 6.87. The summed E-state index contributed by atoms with van der Waals surface area (Å²) in [6, 6.07) is 5.25. The molecule has 0 spiro atoms. The summed E-state index contributed by atoms with van der Waals surface area (Å²) < 4.78 is 0. The number of H-pyrrole nitrogens is 1. The van der Waals surface area contributed by atoms with Crippen molar-refractivity contribution in [2.75, 3.05) is 24.2 Å². The van der Waals surface area contributed by atoms with Crippen LogP contribution in [0, 0.1) is 5.92 Å². The number of aromatic amines is 1. The van der Waals surface area contributed by atoms with Crippen LogP contribution >= 0.6 is 0 Å². The summed E-state index contributed by atoms with van der Waals surface area (Å²) in [6.45, 7) is 0.948. The predicted molar refractivity (Wildman–Crippen MR) is 86.6 cm³/mol. The van der Waals surface area contributed by atoms with E-state index in [4.69, 9.17) is 5.73 Å². The molecule has 21 heavy (non-hydrogen) atoms. The first kappa shape index (κ1) is 13.9. The van der Waals surface area contributed by atoms with Gasteiger partial charge in [0.1, 0.15) is 0 Å². The SMILES string of the molecule is CN(CC1CCCCC1)c1nc2ccc(N)cc2c(=O)[nH]1. The van der Waals surface area contributed by atoms with Gasteiger partial charge in [0.05, 0.1) is 10.9 Å². The minimum Gasteiger partial charge on any atom is -0.399 e. The molecule has 112 valence electrons. The van der Waals surface area contributed by atoms with Gasteiger partial charge in [-0.15, -0.1) is 0 Å². The van der Waals surface area contributed by atoms with Crippen molar-refractivity contribution < 1.29 is 0 Å². The maximum atomic E-state index is 12.2. The van der Waals surface area contributed by atoms with Crippen LogP contribution in [0.4, 0.5) is 11.6 Å². The fourth-order valence-corrected chi connectivity index (χ4v) is 3.17. The third-order valence-corrected chi connectivity index (χ3v) is 4.34. The van der Waals surface area contributed by atoms with Gasteiger partial charge in [0.25, 0.3) is 5.56 Å². The van der Waals surface area contributed by atoms with Crippen LogP contribution in [0.3, 0.4) is 0 Å². The lowest BCUT2D eigenvalue weighted by Gasteiger charge is -2.27. The number of anilines is 2. The van der Waals surface area contributed by atoms with Gasteiger partial charge >= 0.3 is 0 Å². The van der Waals surface area contributed by atoms with E-state index in [0.717, 1.165) is 6.54 Å². The van der Waals surface area contributed by atoms with Crippen LogP contribution in [0.5, 0.6) is 0 Å². The summed E-state index contributed by atoms with van der Waals surface area (Å²) >= 11 is 0. The Morgan fingerprint density at radius 1 is 1.33 bits per heavy atom. The molecule has 0 bridgehead atoms. The number of rotatable bonds is 3. The largest absolute Gasteiger partial charge is 0.399 e. The van der Waals surface area contributed by atoms with E-state index in [1.807, 2.05) is 7.05 Å². The van der Waals surface area contributed by atoms with E-state index in [0.29, 0.717) is 28.5 Å². The highest BCUT2D eigenvalue weighted by Gasteiger charge is 2.17. The molecule has 2 aromatic rings. The normalized spacial score (nSPS) is 16.2. The van der Waals surface area contributed by atoms with E-state index >= 15 is 0 Å². The van der Waals surface area contributed by atoms with Gasteiger partial charge in [-0.3, -0.25) is 9.78 Å². The second-order valence-electron chi connectivity index (χ2n) is 6.05. The van der Waals surface area contributed by atoms with Crippen molar-refractivity contribution in [1.82, 2.24) is 9.97 Å². The number of benzene rings is 1. The van der Waals surface area contributed by atoms with Crippen LogP contribution in [-0.2, 0) is 0 Å². The fraction of sp³-hybridized carbons (Fsp3) is 0.500. The third kappa shape index (κ3) is 3.01. The van der Waals surface area contributed by atoms with Crippen LogP contribution in [-0.4, -0.2) is 23.6 Å². The number of nitrogens with one attached hydrogen (secondary N) is 1. The van der Waals surface area contributed by atoms with Crippen LogP contribution < -0.4 is 16.2 Å². The van der Waals surface area contributed by atoms with Gasteiger partial charge in [-0.2, -0.15) is 0 Å². The molecule has 0 unspecified atom stereocenters. The highest BCUT2D eigenvalue weighted by atomic mass is 16.1. The molecular weight excluding hydrogens is 264 g/mol. The number of aromatic nitrogens is 2. The molecule has 1 aromatic carbocycles. The standard InChI is InChI=1S/C16H22N4O/c1-20(10-11-5-3-2-4-6-11)16-18-14-8-7-12(17)9-13(14)15(21)19-16/h7-9,11H,2-6,10,17H2,1H3,(H,18,19,21). The first-order valence-corrected chi connectivity index (χ1v) is 7.64. The van der Waals surface area contributed by atoms with Crippen LogP contribution in [0.2, 0.25) is 0 Å². The smallest absolute Gasteiger partial charge is 0.260 e. The molecule has 1 heterocycles. The molecule has 1 fully saturated rings. The Balaban J connectivity index is 1.86. The quantitative estimate of drug-likeness (QED) is 0.850. The Morgan fingerprint density at radius 3 is 2.86 bits per heavy atom. The van der Waals surface area contributed by atoms with Crippen LogP contribution in [0.1, 0.15) is 32.1 Å². The van der Waals surface area contributed by atoms with E-state index in [9.17, 15) is 4.79 Å². The zero-order chi connectivity index (χ0) is 14.8. The highest BCUT2D eigenvalue weighted by Crippen LogP contribution is 2.25. The molecule has 1 aliphatic rings. The number of hydrogen-bond donors (Lipinski definition) is 2. The molecular formula is C16H22N4O. The molecule has 1 saturated carbocycles. The molecule has 5 heteroatoms. The monoisotopic (exact) mass is 286 g/mol. The Kier molecular flexibility index (Phi) is 3.82. The van der Waals surface area contributed by atoms with Gasteiger partial charge in [0, 0.05) is 19.3 Å². The maximum Gasteiger partial charge on any atom is 0.260 e. The molecule has 3 rings (SSSR count). The summed E-state index contributed by atoms with van der Waals surface area (Å²) in [5.74, 6) is 1.35. The molecule has 0 radical (unpaired) electrons. The molecule has 0 saturated heterocycles. The molecule has 1 aliphatic carbocycles. The van der Waals surface area contributed by atoms with Crippen molar-refractivity contribution in [2.24, 2.45) is 5.92 Å². The summed E-state index contributed by atoms with van der Waals surface area (Å²) in [7, 11) is 2.00. The van der Waals surface area contributed by atoms with Gasteiger partial charge in [-0.25, -0.2) is 4.98 Å². The molecule has 0 atom stereocenters. The lowest BCUT2D eigenvalue weighted by molar-refractivity contribution is 0.361. The van der Waals surface area contributed by atoms with Crippen molar-refractivity contribution in [1.29, 1.82) is 0 Å². The van der Waals surface area contributed by atoms with Crippen LogP contribution in [0.25, 0.3) is 10.9 Å². The Bertz CT molecular complexity index is 688. The average Bonchev–Trinajstić information content (AvgIpc) is 2.49. The van der Waals surface area contributed by atoms with Crippen molar-refractivity contribution in [3.8, 4) is 0 Å². The lowest BCUT2D eigenvalue weighted by atomic mass is 9.89. The number of nitrogens with zero attached hydrogens (tertiary/aromatic N) is 2. The van der Waals surface area contributed by atoms with E-state index in [1.165, 1.54) is 32.1 Å². The minimum absolute atomic E-state index is 0.127. The highest BCUT2D eigenvalue weighted by molar-refractivity contribution is 5.81. The van der Waals surface area contributed by atoms with Crippen molar-refractivity contribution in [3.05, 3.63) is 28.6 Å². The number of fused-ring (bicyclic) bond motifs is 1. The minimum atomic E-state index is -0.127. The number of nitrogen functional groups attached to an aromatic ring is 1. The van der Waals surface area contributed by atoms with Crippen molar-refractivity contribution in [3.63, 3.8) is 0 Å². The van der Waals surface area contributed by atoms with Gasteiger partial charge in [0.15, 0.2) is 0 Å². The second-order valence-corrected chi connectivity index (χ2v) is 6.05. The van der Waals surface area contributed by atoms with Crippen LogP contribution in [0.15, 0.2) is 23.0 Å². The number of hydrogen-bond acceptors (Lipinski definition) is 4. The predicted octanol–water partition coefficient (Wildman–Crippen LogP) is 2.52. The first-order chi connectivity index (χ1) is 10.1. The topological polar surface area (TPSA) is 75.0 Å². The molecule has 1 aromatic heterocycles. The Hall–Kier alpha value is -2.04. The van der Waals surface area contributed by atoms with Crippen molar-refractivity contribution in [2.45, 2.75) is 32.1 Å². The molecule has 3 N–H and O–H groups in total. The number of nitrogens with two attached hydrogens (primary N) is 1. The molecule has 5 nitrogen and oxygen atoms in total. The lowest BCUT2D eigenvalue weighted by Crippen LogP contribution is -2.29. The Morgan fingerprint density at radius 2 is 2.10 bits per heavy atom. The molecule has 0 aliphatic heterocycles. The van der Waals surface area contributed by atoms with E-state index in [2.05, 4.69) is 14.9 Å². The second kappa shape index (κ2) is 5.76. The zero-order valence-corrected chi connectivity index (χ0v) is 12.4. The molecule has 0 amide bonds. The summed E-state index contributed by atoms with van der Waals surface area (Å²) in [4.78, 5) is 21.7. The Labute approximate surface area is 124 Å². The third-order valence-electron chi connectivity index (χ3n) is 4.34. The average molecular weight is 286 g/mol. The van der Waals surface area contributed by atoms with Gasteiger partial charge in [0.2, 0.25) is 5.95 Å². The summed E-state index contributed by atoms with van der Waals surface area (Å²) in [5, 5.41) is 0.546. The van der Waals surface area contributed by atoms with E-state index in [-0.39, 0.29) is 5.56 Å².